The van der Waals surface area contributed by atoms with Crippen molar-refractivity contribution in [3.8, 4) is 0 Å². The molecule has 2 N–H and O–H groups in total. The predicted molar refractivity (Wildman–Crippen MR) is 114 cm³/mol. The molecule has 1 saturated heterocycles. The molecule has 0 saturated carbocycles. The fourth-order valence-corrected chi connectivity index (χ4v) is 6.60. The summed E-state index contributed by atoms with van der Waals surface area (Å²) in [6, 6.07) is 16.1. The van der Waals surface area contributed by atoms with Gasteiger partial charge in [0.1, 0.15) is 0 Å². The molecule has 1 aliphatic heterocycles. The lowest BCUT2D eigenvalue weighted by molar-refractivity contribution is 0.252. The van der Waals surface area contributed by atoms with Crippen LogP contribution in [0.4, 0.5) is 10.5 Å². The molecule has 0 spiro atoms. The van der Waals surface area contributed by atoms with Gasteiger partial charge in [0.05, 0.1) is 19.8 Å². The highest BCUT2D eigenvalue weighted by Crippen LogP contribution is 2.45. The third-order valence-corrected chi connectivity index (χ3v) is 8.20. The molecule has 0 unspecified atom stereocenters. The third-order valence-electron chi connectivity index (χ3n) is 4.00. The van der Waals surface area contributed by atoms with E-state index in [-0.39, 0.29) is 6.03 Å². The lowest BCUT2D eigenvalue weighted by Crippen LogP contribution is -2.30. The van der Waals surface area contributed by atoms with Gasteiger partial charge in [-0.25, -0.2) is 9.78 Å². The molecule has 1 aliphatic rings. The highest BCUT2D eigenvalue weighted by atomic mass is 32.2. The van der Waals surface area contributed by atoms with Gasteiger partial charge in [0.15, 0.2) is 0 Å². The average Bonchev–Trinajstić information content (AvgIpc) is 3.31. The van der Waals surface area contributed by atoms with Crippen LogP contribution in [0.1, 0.15) is 15.2 Å². The van der Waals surface area contributed by atoms with Crippen molar-refractivity contribution in [2.75, 3.05) is 23.4 Å². The van der Waals surface area contributed by atoms with Gasteiger partial charge in [-0.2, -0.15) is 0 Å². The Labute approximate surface area is 165 Å². The van der Waals surface area contributed by atoms with E-state index in [1.807, 2.05) is 53.9 Å². The van der Waals surface area contributed by atoms with E-state index in [1.54, 1.807) is 11.3 Å². The summed E-state index contributed by atoms with van der Waals surface area (Å²) in [7, 11) is 0. The number of thiazole rings is 1. The number of hydrogen-bond acceptors (Lipinski definition) is 5. The molecule has 0 aliphatic carbocycles. The average molecular weight is 402 g/mol. The van der Waals surface area contributed by atoms with Gasteiger partial charge >= 0.3 is 6.03 Å². The number of benzene rings is 2. The number of nitrogens with zero attached hydrogens (tertiary/aromatic N) is 1. The Kier molecular flexibility index (Phi) is 5.67. The van der Waals surface area contributed by atoms with Gasteiger partial charge in [-0.3, -0.25) is 0 Å². The molecule has 4 nitrogen and oxygen atoms in total. The molecule has 0 bridgehead atoms. The Morgan fingerprint density at radius 2 is 1.96 bits per heavy atom. The zero-order valence-electron chi connectivity index (χ0n) is 14.1. The summed E-state index contributed by atoms with van der Waals surface area (Å²) in [5, 5.41) is 6.90. The number of nitrogens with one attached hydrogen (secondary N) is 2. The molecule has 1 aromatic heterocycles. The number of thioether (sulfide) groups is 2. The first-order valence-electron chi connectivity index (χ1n) is 8.50. The summed E-state index contributed by atoms with van der Waals surface area (Å²) in [5.74, 6) is 2.39. The highest BCUT2D eigenvalue weighted by molar-refractivity contribution is 8.19. The van der Waals surface area contributed by atoms with Crippen LogP contribution in [0, 0.1) is 0 Å². The molecule has 0 radical (unpaired) electrons. The molecule has 26 heavy (non-hydrogen) atoms. The molecule has 2 heterocycles. The van der Waals surface area contributed by atoms with Crippen molar-refractivity contribution in [1.29, 1.82) is 0 Å². The van der Waals surface area contributed by atoms with Crippen LogP contribution in [0.2, 0.25) is 0 Å². The number of anilines is 1. The summed E-state index contributed by atoms with van der Waals surface area (Å²) in [4.78, 5) is 16.7. The van der Waals surface area contributed by atoms with E-state index in [0.29, 0.717) is 11.1 Å². The molecular formula is C19H19N3OS3. The first kappa shape index (κ1) is 17.7. The Balaban J connectivity index is 1.29. The Morgan fingerprint density at radius 3 is 2.81 bits per heavy atom. The normalized spacial score (nSPS) is 14.6. The first-order valence-corrected chi connectivity index (χ1v) is 11.4. The van der Waals surface area contributed by atoms with Crippen LogP contribution < -0.4 is 10.6 Å². The zero-order valence-corrected chi connectivity index (χ0v) is 16.6. The summed E-state index contributed by atoms with van der Waals surface area (Å²) in [6.45, 7) is 0.569. The van der Waals surface area contributed by atoms with Crippen LogP contribution in [0.5, 0.6) is 0 Å². The second-order valence-electron chi connectivity index (χ2n) is 5.91. The number of carbonyl (C=O) groups is 1. The summed E-state index contributed by atoms with van der Waals surface area (Å²) < 4.78 is 1.67. The number of urea groups is 1. The number of fused-ring (bicyclic) bond motifs is 1. The van der Waals surface area contributed by atoms with E-state index >= 15 is 0 Å². The Bertz CT molecular complexity index is 873. The van der Waals surface area contributed by atoms with Crippen LogP contribution in [-0.4, -0.2) is 29.1 Å². The van der Waals surface area contributed by atoms with Gasteiger partial charge < -0.3 is 10.6 Å². The van der Waals surface area contributed by atoms with Crippen molar-refractivity contribution < 1.29 is 4.79 Å². The maximum Gasteiger partial charge on any atom is 0.319 e. The maximum absolute atomic E-state index is 12.2. The fraction of sp³-hybridized carbons (Fsp3) is 0.263. The minimum absolute atomic E-state index is 0.171. The van der Waals surface area contributed by atoms with Gasteiger partial charge in [0, 0.05) is 30.2 Å². The van der Waals surface area contributed by atoms with Gasteiger partial charge in [-0.1, -0.05) is 24.3 Å². The standard InChI is InChI=1S/C19H19N3OS3/c23-19(20-9-8-17-22-15-6-1-2-7-16(15)26-17)21-14-5-3-4-13(12-14)18-24-10-11-25-18/h1-7,12,18H,8-11H2,(H2,20,21,23). The molecule has 2 amide bonds. The second-order valence-corrected chi connectivity index (χ2v) is 9.74. The summed E-state index contributed by atoms with van der Waals surface area (Å²) in [5.41, 5.74) is 3.13. The Hall–Kier alpha value is -1.70. The van der Waals surface area contributed by atoms with E-state index in [0.717, 1.165) is 22.6 Å². The summed E-state index contributed by atoms with van der Waals surface area (Å²) in [6.07, 6.45) is 0.738. The third kappa shape index (κ3) is 4.34. The second kappa shape index (κ2) is 8.33. The van der Waals surface area contributed by atoms with Gasteiger partial charge in [-0.05, 0) is 29.8 Å². The van der Waals surface area contributed by atoms with Gasteiger partial charge in [0.2, 0.25) is 0 Å². The quantitative estimate of drug-likeness (QED) is 0.622. The highest BCUT2D eigenvalue weighted by Gasteiger charge is 2.18. The minimum atomic E-state index is -0.171. The number of carbonyl (C=O) groups excluding carboxylic acids is 1. The number of para-hydroxylation sites is 1. The van der Waals surface area contributed by atoms with Crippen molar-refractivity contribution in [3.63, 3.8) is 0 Å². The van der Waals surface area contributed by atoms with E-state index in [4.69, 9.17) is 0 Å². The first-order chi connectivity index (χ1) is 12.8. The number of hydrogen-bond donors (Lipinski definition) is 2. The van der Waals surface area contributed by atoms with Crippen molar-refractivity contribution in [2.24, 2.45) is 0 Å². The molecule has 0 atom stereocenters. The topological polar surface area (TPSA) is 54.0 Å². The zero-order chi connectivity index (χ0) is 17.8. The lowest BCUT2D eigenvalue weighted by Gasteiger charge is -2.11. The molecule has 7 heteroatoms. The molecule has 134 valence electrons. The molecule has 4 rings (SSSR count). The Morgan fingerprint density at radius 1 is 1.12 bits per heavy atom. The van der Waals surface area contributed by atoms with Gasteiger partial charge in [-0.15, -0.1) is 34.9 Å². The van der Waals surface area contributed by atoms with Crippen molar-refractivity contribution in [1.82, 2.24) is 10.3 Å². The van der Waals surface area contributed by atoms with E-state index in [1.165, 1.54) is 21.8 Å². The smallest absolute Gasteiger partial charge is 0.319 e. The fourth-order valence-electron chi connectivity index (χ4n) is 2.80. The number of amides is 2. The largest absolute Gasteiger partial charge is 0.337 e. The van der Waals surface area contributed by atoms with E-state index < -0.39 is 0 Å². The van der Waals surface area contributed by atoms with Crippen LogP contribution in [0.15, 0.2) is 48.5 Å². The van der Waals surface area contributed by atoms with E-state index in [2.05, 4.69) is 33.8 Å². The monoisotopic (exact) mass is 401 g/mol. The maximum atomic E-state index is 12.2. The van der Waals surface area contributed by atoms with Gasteiger partial charge in [0.25, 0.3) is 0 Å². The van der Waals surface area contributed by atoms with Crippen LogP contribution in [0.25, 0.3) is 10.2 Å². The predicted octanol–water partition coefficient (Wildman–Crippen LogP) is 5.14. The van der Waals surface area contributed by atoms with Crippen molar-refractivity contribution >= 4 is 56.8 Å². The SMILES string of the molecule is O=C(NCCc1nc2ccccc2s1)Nc1cccc(C2SCCS2)c1. The lowest BCUT2D eigenvalue weighted by atomic mass is 10.2. The number of rotatable bonds is 5. The molecular weight excluding hydrogens is 382 g/mol. The molecule has 1 fully saturated rings. The van der Waals surface area contributed by atoms with E-state index in [9.17, 15) is 4.79 Å². The van der Waals surface area contributed by atoms with Crippen molar-refractivity contribution in [3.05, 3.63) is 59.1 Å². The molecule has 3 aromatic rings. The van der Waals surface area contributed by atoms with Crippen LogP contribution in [0.3, 0.4) is 0 Å². The van der Waals surface area contributed by atoms with Crippen LogP contribution in [-0.2, 0) is 6.42 Å². The summed E-state index contributed by atoms with van der Waals surface area (Å²) >= 11 is 5.61. The van der Waals surface area contributed by atoms with Crippen molar-refractivity contribution in [2.45, 2.75) is 11.0 Å². The minimum Gasteiger partial charge on any atom is -0.337 e. The number of aromatic nitrogens is 1. The molecule has 2 aromatic carbocycles. The van der Waals surface area contributed by atoms with Crippen LogP contribution >= 0.6 is 34.9 Å².